The number of rotatable bonds is 7. The molecule has 4 heteroatoms. The van der Waals surface area contributed by atoms with Crippen LogP contribution in [0.3, 0.4) is 0 Å². The Balaban J connectivity index is 1.58. The maximum Gasteiger partial charge on any atom is 0.131 e. The lowest BCUT2D eigenvalue weighted by molar-refractivity contribution is 0.271. The Morgan fingerprint density at radius 3 is 2.33 bits per heavy atom. The highest BCUT2D eigenvalue weighted by Crippen LogP contribution is 2.33. The summed E-state index contributed by atoms with van der Waals surface area (Å²) in [5, 5.41) is 6.84. The summed E-state index contributed by atoms with van der Waals surface area (Å²) in [6.45, 7) is 10.2. The topological polar surface area (TPSA) is 34.1 Å². The number of ether oxygens (including phenoxy) is 1. The molecule has 0 amide bonds. The smallest absolute Gasteiger partial charge is 0.131 e. The van der Waals surface area contributed by atoms with Crippen LogP contribution < -0.4 is 10.1 Å². The fourth-order valence-electron chi connectivity index (χ4n) is 3.12. The van der Waals surface area contributed by atoms with Gasteiger partial charge in [-0.2, -0.15) is 0 Å². The quantitative estimate of drug-likeness (QED) is 0.553. The fraction of sp³-hybridized carbons (Fsp3) is 0.348. The second kappa shape index (κ2) is 8.68. The highest BCUT2D eigenvalue weighted by Gasteiger charge is 2.25. The Kier molecular flexibility index (Phi) is 6.30. The van der Waals surface area contributed by atoms with Gasteiger partial charge in [0.05, 0.1) is 10.7 Å². The summed E-state index contributed by atoms with van der Waals surface area (Å²) in [6.07, 6.45) is 0. The lowest BCUT2D eigenvalue weighted by Crippen LogP contribution is -2.32. The molecule has 0 saturated heterocycles. The van der Waals surface area contributed by atoms with Crippen molar-refractivity contribution in [2.45, 2.75) is 46.9 Å². The molecule has 0 fully saturated rings. The van der Waals surface area contributed by atoms with Crippen LogP contribution in [0.25, 0.3) is 0 Å². The van der Waals surface area contributed by atoms with Crippen LogP contribution in [0.1, 0.15) is 48.6 Å². The van der Waals surface area contributed by atoms with Crippen molar-refractivity contribution in [1.82, 2.24) is 10.3 Å². The van der Waals surface area contributed by atoms with Gasteiger partial charge < -0.3 is 10.1 Å². The molecule has 142 valence electrons. The maximum absolute atomic E-state index is 5.83. The van der Waals surface area contributed by atoms with Crippen molar-refractivity contribution in [2.24, 2.45) is 5.41 Å². The molecule has 1 unspecified atom stereocenters. The highest BCUT2D eigenvalue weighted by atomic mass is 32.1. The Morgan fingerprint density at radius 1 is 1.04 bits per heavy atom. The standard InChI is InChI=1S/C23H28N2OS/c1-17-25-20(16-27-17)15-26-21-12-10-18(11-13-21)14-24-22(23(2,3)4)19-8-6-5-7-9-19/h5-13,16,22,24H,14-15H2,1-4H3. The predicted octanol–water partition coefficient (Wildman–Crippen LogP) is 5.91. The van der Waals surface area contributed by atoms with E-state index in [-0.39, 0.29) is 5.41 Å². The molecule has 0 aliphatic heterocycles. The number of benzene rings is 2. The van der Waals surface area contributed by atoms with E-state index in [2.05, 4.69) is 73.5 Å². The van der Waals surface area contributed by atoms with Crippen LogP contribution in [0.15, 0.2) is 60.0 Å². The van der Waals surface area contributed by atoms with Crippen LogP contribution in [-0.2, 0) is 13.2 Å². The Morgan fingerprint density at radius 2 is 1.74 bits per heavy atom. The van der Waals surface area contributed by atoms with Crippen molar-refractivity contribution < 1.29 is 4.74 Å². The zero-order valence-electron chi connectivity index (χ0n) is 16.5. The van der Waals surface area contributed by atoms with Crippen LogP contribution in [0.4, 0.5) is 0 Å². The van der Waals surface area contributed by atoms with Crippen molar-refractivity contribution in [3.05, 3.63) is 81.8 Å². The molecular weight excluding hydrogens is 352 g/mol. The monoisotopic (exact) mass is 380 g/mol. The van der Waals surface area contributed by atoms with Gasteiger partial charge >= 0.3 is 0 Å². The van der Waals surface area contributed by atoms with Gasteiger partial charge in [-0.1, -0.05) is 63.2 Å². The van der Waals surface area contributed by atoms with Gasteiger partial charge in [-0.05, 0) is 35.6 Å². The average Bonchev–Trinajstić information content (AvgIpc) is 3.06. The number of hydrogen-bond acceptors (Lipinski definition) is 4. The van der Waals surface area contributed by atoms with Crippen molar-refractivity contribution >= 4 is 11.3 Å². The molecule has 1 atom stereocenters. The average molecular weight is 381 g/mol. The molecule has 2 aromatic carbocycles. The zero-order chi connectivity index (χ0) is 19.3. The van der Waals surface area contributed by atoms with Crippen LogP contribution in [0.2, 0.25) is 0 Å². The minimum Gasteiger partial charge on any atom is -0.487 e. The summed E-state index contributed by atoms with van der Waals surface area (Å²) in [5.41, 5.74) is 3.69. The molecule has 3 aromatic rings. The Labute approximate surface area is 166 Å². The second-order valence-corrected chi connectivity index (χ2v) is 8.94. The first-order valence-electron chi connectivity index (χ1n) is 9.33. The summed E-state index contributed by atoms with van der Waals surface area (Å²) in [7, 11) is 0. The van der Waals surface area contributed by atoms with Crippen LogP contribution >= 0.6 is 11.3 Å². The van der Waals surface area contributed by atoms with Crippen LogP contribution in [0.5, 0.6) is 5.75 Å². The van der Waals surface area contributed by atoms with Crippen LogP contribution in [0, 0.1) is 12.3 Å². The first-order chi connectivity index (χ1) is 12.9. The number of hydrogen-bond donors (Lipinski definition) is 1. The summed E-state index contributed by atoms with van der Waals surface area (Å²) in [5.74, 6) is 0.875. The second-order valence-electron chi connectivity index (χ2n) is 7.88. The first-order valence-corrected chi connectivity index (χ1v) is 10.2. The molecule has 0 spiro atoms. The molecule has 0 bridgehead atoms. The van der Waals surface area contributed by atoms with Crippen molar-refractivity contribution in [2.75, 3.05) is 0 Å². The van der Waals surface area contributed by atoms with Gasteiger partial charge in [0, 0.05) is 18.0 Å². The van der Waals surface area contributed by atoms with Crippen molar-refractivity contribution in [3.63, 3.8) is 0 Å². The van der Waals surface area contributed by atoms with E-state index in [1.54, 1.807) is 11.3 Å². The third kappa shape index (κ3) is 5.65. The minimum absolute atomic E-state index is 0.135. The van der Waals surface area contributed by atoms with E-state index in [9.17, 15) is 0 Å². The molecule has 1 heterocycles. The summed E-state index contributed by atoms with van der Waals surface area (Å²) < 4.78 is 5.83. The minimum atomic E-state index is 0.135. The van der Waals surface area contributed by atoms with E-state index in [0.717, 1.165) is 23.0 Å². The zero-order valence-corrected chi connectivity index (χ0v) is 17.3. The molecule has 27 heavy (non-hydrogen) atoms. The van der Waals surface area contributed by atoms with E-state index >= 15 is 0 Å². The van der Waals surface area contributed by atoms with E-state index in [0.29, 0.717) is 12.6 Å². The van der Waals surface area contributed by atoms with Gasteiger partial charge in [-0.25, -0.2) is 4.98 Å². The Hall–Kier alpha value is -2.17. The number of nitrogens with one attached hydrogen (secondary N) is 1. The molecule has 1 N–H and O–H groups in total. The molecule has 0 radical (unpaired) electrons. The normalized spacial score (nSPS) is 12.7. The third-order valence-corrected chi connectivity index (χ3v) is 5.31. The molecule has 0 aliphatic carbocycles. The first kappa shape index (κ1) is 19.6. The van der Waals surface area contributed by atoms with Crippen molar-refractivity contribution in [1.29, 1.82) is 0 Å². The van der Waals surface area contributed by atoms with Gasteiger partial charge in [-0.15, -0.1) is 11.3 Å². The highest BCUT2D eigenvalue weighted by molar-refractivity contribution is 7.09. The predicted molar refractivity (Wildman–Crippen MR) is 113 cm³/mol. The van der Waals surface area contributed by atoms with Gasteiger partial charge in [0.2, 0.25) is 0 Å². The van der Waals surface area contributed by atoms with Crippen LogP contribution in [-0.4, -0.2) is 4.98 Å². The molecule has 3 nitrogen and oxygen atoms in total. The molecule has 1 aromatic heterocycles. The number of thiazole rings is 1. The van der Waals surface area contributed by atoms with E-state index in [4.69, 9.17) is 4.74 Å². The van der Waals surface area contributed by atoms with E-state index in [1.165, 1.54) is 11.1 Å². The van der Waals surface area contributed by atoms with Gasteiger partial charge in [-0.3, -0.25) is 0 Å². The molecular formula is C23H28N2OS. The van der Waals surface area contributed by atoms with Crippen molar-refractivity contribution in [3.8, 4) is 5.75 Å². The lowest BCUT2D eigenvalue weighted by atomic mass is 9.82. The molecule has 0 saturated carbocycles. The van der Waals surface area contributed by atoms with Gasteiger partial charge in [0.25, 0.3) is 0 Å². The third-order valence-electron chi connectivity index (χ3n) is 4.49. The van der Waals surface area contributed by atoms with E-state index < -0.39 is 0 Å². The van der Waals surface area contributed by atoms with Gasteiger partial charge in [0.15, 0.2) is 0 Å². The summed E-state index contributed by atoms with van der Waals surface area (Å²) in [6, 6.07) is 19.3. The largest absolute Gasteiger partial charge is 0.487 e. The summed E-state index contributed by atoms with van der Waals surface area (Å²) >= 11 is 1.65. The SMILES string of the molecule is Cc1nc(COc2ccc(CNC(c3ccccc3)C(C)(C)C)cc2)cs1. The lowest BCUT2D eigenvalue weighted by Gasteiger charge is -2.32. The molecule has 0 aliphatic rings. The summed E-state index contributed by atoms with van der Waals surface area (Å²) in [4.78, 5) is 4.43. The van der Waals surface area contributed by atoms with E-state index in [1.807, 2.05) is 24.4 Å². The number of aryl methyl sites for hydroxylation is 1. The molecule has 3 rings (SSSR count). The Bertz CT molecular complexity index is 835. The maximum atomic E-state index is 5.83. The van der Waals surface area contributed by atoms with Gasteiger partial charge in [0.1, 0.15) is 12.4 Å². The fourth-order valence-corrected chi connectivity index (χ4v) is 3.72. The number of aromatic nitrogens is 1. The number of nitrogens with zero attached hydrogens (tertiary/aromatic N) is 1.